The monoisotopic (exact) mass is 1020 g/mol. The summed E-state index contributed by atoms with van der Waals surface area (Å²) < 4.78 is 23.7. The van der Waals surface area contributed by atoms with Crippen molar-refractivity contribution in [3.63, 3.8) is 0 Å². The van der Waals surface area contributed by atoms with Crippen molar-refractivity contribution in [2.75, 3.05) is 40.9 Å². The number of nitrogens with one attached hydrogen (secondary N) is 1. The first-order chi connectivity index (χ1) is 34.5. The number of aliphatic hydroxyl groups excluding tert-OH is 1. The van der Waals surface area contributed by atoms with Crippen LogP contribution in [-0.2, 0) is 18.4 Å². The van der Waals surface area contributed by atoms with Crippen molar-refractivity contribution in [2.45, 2.75) is 289 Å². The van der Waals surface area contributed by atoms with Crippen LogP contribution in [0.2, 0.25) is 0 Å². The molecule has 0 saturated heterocycles. The fraction of sp³-hybridized carbons (Fsp3) is 0.823. The van der Waals surface area contributed by atoms with E-state index in [2.05, 4.69) is 67.8 Å². The number of rotatable bonds is 55. The van der Waals surface area contributed by atoms with Gasteiger partial charge in [0.15, 0.2) is 0 Å². The molecule has 0 aliphatic rings. The Labute approximate surface area is 441 Å². The molecule has 1 amide bonds. The first kappa shape index (κ1) is 69.2. The van der Waals surface area contributed by atoms with Crippen molar-refractivity contribution in [2.24, 2.45) is 0 Å². The van der Waals surface area contributed by atoms with Crippen molar-refractivity contribution in [3.8, 4) is 0 Å². The molecule has 8 nitrogen and oxygen atoms in total. The summed E-state index contributed by atoms with van der Waals surface area (Å²) in [6.07, 6.45) is 72.0. The van der Waals surface area contributed by atoms with Gasteiger partial charge in [-0.2, -0.15) is 0 Å². The number of carbonyl (C=O) groups is 1. The third-order valence-electron chi connectivity index (χ3n) is 13.4. The number of amides is 1. The van der Waals surface area contributed by atoms with E-state index >= 15 is 0 Å². The van der Waals surface area contributed by atoms with Gasteiger partial charge in [0.1, 0.15) is 13.2 Å². The second-order valence-corrected chi connectivity index (χ2v) is 23.2. The zero-order chi connectivity index (χ0) is 52.0. The molecule has 0 aromatic rings. The fourth-order valence-corrected chi connectivity index (χ4v) is 9.43. The molecule has 0 aliphatic carbocycles. The van der Waals surface area contributed by atoms with E-state index in [1.807, 2.05) is 27.2 Å². The minimum Gasteiger partial charge on any atom is -0.387 e. The molecule has 9 heteroatoms. The van der Waals surface area contributed by atoms with Crippen LogP contribution in [-0.4, -0.2) is 73.4 Å². The van der Waals surface area contributed by atoms with Crippen LogP contribution in [0.25, 0.3) is 0 Å². The van der Waals surface area contributed by atoms with Gasteiger partial charge >= 0.3 is 7.82 Å². The average Bonchev–Trinajstić information content (AvgIpc) is 3.33. The van der Waals surface area contributed by atoms with Gasteiger partial charge in [-0.25, -0.2) is 4.57 Å². The number of hydrogen-bond acceptors (Lipinski definition) is 5. The van der Waals surface area contributed by atoms with Gasteiger partial charge in [-0.15, -0.1) is 0 Å². The van der Waals surface area contributed by atoms with Crippen molar-refractivity contribution in [3.05, 3.63) is 60.8 Å². The summed E-state index contributed by atoms with van der Waals surface area (Å²) in [6, 6.07) is -0.872. The molecule has 0 spiro atoms. The Hall–Kier alpha value is -1.80. The van der Waals surface area contributed by atoms with Gasteiger partial charge in [0.2, 0.25) is 5.91 Å². The van der Waals surface area contributed by atoms with Crippen molar-refractivity contribution >= 4 is 13.7 Å². The maximum absolute atomic E-state index is 13.0. The van der Waals surface area contributed by atoms with Gasteiger partial charge in [-0.1, -0.05) is 254 Å². The van der Waals surface area contributed by atoms with Gasteiger partial charge in [0.05, 0.1) is 39.9 Å². The molecular weight excluding hydrogens is 900 g/mol. The quantitative estimate of drug-likeness (QED) is 0.0243. The minimum absolute atomic E-state index is 0.0526. The van der Waals surface area contributed by atoms with Crippen LogP contribution in [0.4, 0.5) is 0 Å². The number of nitrogens with zero attached hydrogens (tertiary/aromatic N) is 1. The predicted octanol–water partition coefficient (Wildman–Crippen LogP) is 18.5. The van der Waals surface area contributed by atoms with E-state index < -0.39 is 20.0 Å². The number of carbonyl (C=O) groups excluding carboxylic acids is 1. The third-order valence-corrected chi connectivity index (χ3v) is 14.4. The van der Waals surface area contributed by atoms with Gasteiger partial charge in [0, 0.05) is 6.42 Å². The van der Waals surface area contributed by atoms with E-state index in [4.69, 9.17) is 9.05 Å². The number of phosphoric acid groups is 1. The largest absolute Gasteiger partial charge is 0.472 e. The fourth-order valence-electron chi connectivity index (χ4n) is 8.69. The van der Waals surface area contributed by atoms with E-state index in [0.717, 1.165) is 51.4 Å². The Morgan fingerprint density at radius 1 is 0.479 bits per heavy atom. The second kappa shape index (κ2) is 53.0. The van der Waals surface area contributed by atoms with Gasteiger partial charge in [-0.05, 0) is 77.0 Å². The first-order valence-electron chi connectivity index (χ1n) is 30.2. The van der Waals surface area contributed by atoms with Crippen molar-refractivity contribution in [1.82, 2.24) is 5.32 Å². The Bertz CT molecular complexity index is 1340. The third kappa shape index (κ3) is 55.8. The number of aliphatic hydroxyl groups is 1. The zero-order valence-corrected chi connectivity index (χ0v) is 48.4. The SMILES string of the molecule is CCCCCCCCCC/C=C/CC/C=C/CC/C=C/C(O)C(COP(=O)(O)OCC[N+](C)(C)C)NC(=O)CCCCCCCCCCCCCCCCC/C=C\C/C=C\CCCCCCCCCCC. The zero-order valence-electron chi connectivity index (χ0n) is 47.5. The number of unbranched alkanes of at least 4 members (excludes halogenated alkanes) is 34. The highest BCUT2D eigenvalue weighted by molar-refractivity contribution is 7.47. The molecule has 3 unspecified atom stereocenters. The molecule has 0 aromatic heterocycles. The molecule has 3 N–H and O–H groups in total. The number of allylic oxidation sites excluding steroid dienone is 9. The molecule has 0 radical (unpaired) electrons. The summed E-state index contributed by atoms with van der Waals surface area (Å²) in [6.45, 7) is 4.80. The average molecular weight is 1020 g/mol. The lowest BCUT2D eigenvalue weighted by molar-refractivity contribution is -0.870. The lowest BCUT2D eigenvalue weighted by Gasteiger charge is -2.25. The van der Waals surface area contributed by atoms with Crippen LogP contribution >= 0.6 is 7.82 Å². The van der Waals surface area contributed by atoms with E-state index in [0.29, 0.717) is 17.4 Å². The normalized spacial score (nSPS) is 14.3. The molecule has 0 rings (SSSR count). The molecule has 0 heterocycles. The van der Waals surface area contributed by atoms with Gasteiger partial charge in [0.25, 0.3) is 0 Å². The highest BCUT2D eigenvalue weighted by Crippen LogP contribution is 2.43. The lowest BCUT2D eigenvalue weighted by atomic mass is 10.0. The maximum atomic E-state index is 13.0. The molecule has 71 heavy (non-hydrogen) atoms. The second-order valence-electron chi connectivity index (χ2n) is 21.7. The van der Waals surface area contributed by atoms with Crippen LogP contribution < -0.4 is 5.32 Å². The van der Waals surface area contributed by atoms with Crippen molar-refractivity contribution in [1.29, 1.82) is 0 Å². The molecule has 0 bridgehead atoms. The Balaban J connectivity index is 4.15. The Kier molecular flexibility index (Phi) is 51.7. The summed E-state index contributed by atoms with van der Waals surface area (Å²) in [4.78, 5) is 23.3. The van der Waals surface area contributed by atoms with E-state index in [1.165, 1.54) is 205 Å². The van der Waals surface area contributed by atoms with Gasteiger partial charge in [-0.3, -0.25) is 13.8 Å². The minimum atomic E-state index is -4.36. The molecule has 0 aromatic carbocycles. The highest BCUT2D eigenvalue weighted by Gasteiger charge is 2.27. The summed E-state index contributed by atoms with van der Waals surface area (Å²) in [5, 5.41) is 13.9. The summed E-state index contributed by atoms with van der Waals surface area (Å²) in [5.74, 6) is -0.190. The van der Waals surface area contributed by atoms with E-state index in [1.54, 1.807) is 6.08 Å². The predicted molar refractivity (Wildman–Crippen MR) is 309 cm³/mol. The number of hydrogen-bond donors (Lipinski definition) is 3. The van der Waals surface area contributed by atoms with Crippen molar-refractivity contribution < 1.29 is 32.9 Å². The highest BCUT2D eigenvalue weighted by atomic mass is 31.2. The molecule has 0 saturated carbocycles. The molecule has 3 atom stereocenters. The van der Waals surface area contributed by atoms with Crippen LogP contribution in [0.3, 0.4) is 0 Å². The van der Waals surface area contributed by atoms with Crippen LogP contribution in [0, 0.1) is 0 Å². The van der Waals surface area contributed by atoms with Crippen LogP contribution in [0.1, 0.15) is 277 Å². The molecule has 0 fully saturated rings. The molecular formula is C62H118N2O6P+. The van der Waals surface area contributed by atoms with Gasteiger partial charge < -0.3 is 19.8 Å². The summed E-state index contributed by atoms with van der Waals surface area (Å²) >= 11 is 0. The summed E-state index contributed by atoms with van der Waals surface area (Å²) in [7, 11) is 1.55. The summed E-state index contributed by atoms with van der Waals surface area (Å²) in [5.41, 5.74) is 0. The first-order valence-corrected chi connectivity index (χ1v) is 31.7. The maximum Gasteiger partial charge on any atom is 0.472 e. The number of phosphoric ester groups is 1. The van der Waals surface area contributed by atoms with E-state index in [9.17, 15) is 19.4 Å². The Morgan fingerprint density at radius 2 is 0.817 bits per heavy atom. The molecule has 0 aliphatic heterocycles. The van der Waals surface area contributed by atoms with E-state index in [-0.39, 0.29) is 19.1 Å². The standard InChI is InChI=1S/C62H117N2O6P/c1-6-8-10-12-14-16-18-20-22-24-26-27-28-29-30-31-32-33-34-35-36-37-38-40-42-44-46-48-50-52-54-56-62(66)63-60(59-70-71(67,68)69-58-57-64(3,4)5)61(65)55-53-51-49-47-45-43-41-39-25-23-21-19-17-15-13-11-9-7-2/h25-27,29-30,39,45,47,53,55,60-61,65H,6-24,28,31-38,40-44,46,48-52,54,56-59H2,1-5H3,(H-,63,66,67,68)/p+1/b27-26-,30-29-,39-25+,47-45+,55-53+. The Morgan fingerprint density at radius 3 is 1.21 bits per heavy atom. The number of quaternary nitrogens is 1. The van der Waals surface area contributed by atoms with Crippen LogP contribution in [0.5, 0.6) is 0 Å². The smallest absolute Gasteiger partial charge is 0.387 e. The molecule has 416 valence electrons. The number of likely N-dealkylation sites (N-methyl/N-ethyl adjacent to an activating group) is 1. The topological polar surface area (TPSA) is 105 Å². The van der Waals surface area contributed by atoms with Crippen LogP contribution in [0.15, 0.2) is 60.8 Å². The lowest BCUT2D eigenvalue weighted by Crippen LogP contribution is -2.45.